The van der Waals surface area contributed by atoms with Gasteiger partial charge in [-0.2, -0.15) is 0 Å². The molecule has 0 unspecified atom stereocenters. The van der Waals surface area contributed by atoms with Crippen LogP contribution in [-0.4, -0.2) is 58.5 Å². The molecule has 0 bridgehead atoms. The Morgan fingerprint density at radius 3 is 2.19 bits per heavy atom. The van der Waals surface area contributed by atoms with Gasteiger partial charge in [0.2, 0.25) is 0 Å². The van der Waals surface area contributed by atoms with Crippen LogP contribution in [0.25, 0.3) is 22.2 Å². The number of hydrogen-bond acceptors (Lipinski definition) is 7. The van der Waals surface area contributed by atoms with Crippen molar-refractivity contribution in [2.45, 2.75) is 37.8 Å². The SMILES string of the molecule is Nc1ncnc2c1c(-c1ccc(Oc3ccccc3)cc1)cn2[C@H]1CC[C@H](N2CCS(=O)(=O)CC2)CC1. The van der Waals surface area contributed by atoms with Crippen molar-refractivity contribution >= 4 is 26.7 Å². The van der Waals surface area contributed by atoms with Gasteiger partial charge in [0.05, 0.1) is 16.9 Å². The zero-order valence-electron chi connectivity index (χ0n) is 20.7. The van der Waals surface area contributed by atoms with Crippen LogP contribution in [0.5, 0.6) is 11.5 Å². The Labute approximate surface area is 217 Å². The molecule has 4 aromatic rings. The third kappa shape index (κ3) is 4.93. The first kappa shape index (κ1) is 23.9. The molecule has 3 heterocycles. The van der Waals surface area contributed by atoms with Crippen molar-refractivity contribution in [1.82, 2.24) is 19.4 Å². The quantitative estimate of drug-likeness (QED) is 0.410. The lowest BCUT2D eigenvalue weighted by molar-refractivity contribution is 0.149. The number of nitrogen functional groups attached to an aromatic ring is 1. The van der Waals surface area contributed by atoms with Gasteiger partial charge in [0.25, 0.3) is 0 Å². The maximum absolute atomic E-state index is 11.8. The number of nitrogens with zero attached hydrogens (tertiary/aromatic N) is 4. The minimum atomic E-state index is -2.86. The van der Waals surface area contributed by atoms with E-state index >= 15 is 0 Å². The molecule has 9 heteroatoms. The molecule has 192 valence electrons. The molecule has 8 nitrogen and oxygen atoms in total. The van der Waals surface area contributed by atoms with Crippen molar-refractivity contribution in [3.8, 4) is 22.6 Å². The summed E-state index contributed by atoms with van der Waals surface area (Å²) < 4.78 is 31.9. The molecule has 1 aliphatic carbocycles. The van der Waals surface area contributed by atoms with Crippen LogP contribution in [0.3, 0.4) is 0 Å². The molecule has 6 rings (SSSR count). The molecule has 0 radical (unpaired) electrons. The minimum Gasteiger partial charge on any atom is -0.457 e. The van der Waals surface area contributed by atoms with Crippen LogP contribution in [0.4, 0.5) is 5.82 Å². The van der Waals surface area contributed by atoms with Crippen molar-refractivity contribution < 1.29 is 13.2 Å². The van der Waals surface area contributed by atoms with E-state index in [4.69, 9.17) is 10.5 Å². The standard InChI is InChI=1S/C28H31N5O3S/c29-27-26-25(20-6-12-24(13-7-20)36-23-4-2-1-3-5-23)18-33(28(26)31-19-30-27)22-10-8-21(9-11-22)32-14-16-37(34,35)17-15-32/h1-7,12-13,18-19,21-22H,8-11,14-17H2,(H2,29,30,31)/t21-,22-. The Bertz CT molecular complexity index is 1480. The first-order valence-corrected chi connectivity index (χ1v) is 14.7. The number of nitrogens with two attached hydrogens (primary N) is 1. The van der Waals surface area contributed by atoms with Crippen molar-refractivity contribution in [3.63, 3.8) is 0 Å². The predicted molar refractivity (Wildman–Crippen MR) is 145 cm³/mol. The summed E-state index contributed by atoms with van der Waals surface area (Å²) in [7, 11) is -2.86. The lowest BCUT2D eigenvalue weighted by Gasteiger charge is -2.39. The van der Waals surface area contributed by atoms with E-state index in [1.807, 2.05) is 54.6 Å². The van der Waals surface area contributed by atoms with Gasteiger partial charge in [0.1, 0.15) is 29.3 Å². The van der Waals surface area contributed by atoms with Crippen LogP contribution in [0.2, 0.25) is 0 Å². The third-order valence-corrected chi connectivity index (χ3v) is 9.35. The fourth-order valence-corrected chi connectivity index (χ4v) is 6.96. The average Bonchev–Trinajstić information content (AvgIpc) is 3.31. The number of anilines is 1. The highest BCUT2D eigenvalue weighted by atomic mass is 32.2. The van der Waals surface area contributed by atoms with E-state index in [2.05, 4.69) is 25.6 Å². The van der Waals surface area contributed by atoms with E-state index in [9.17, 15) is 8.42 Å². The molecular weight excluding hydrogens is 486 g/mol. The summed E-state index contributed by atoms with van der Waals surface area (Å²) in [4.78, 5) is 11.3. The molecule has 2 aliphatic rings. The Morgan fingerprint density at radius 2 is 1.49 bits per heavy atom. The van der Waals surface area contributed by atoms with Gasteiger partial charge in [0.15, 0.2) is 9.84 Å². The normalized spacial score (nSPS) is 22.2. The second kappa shape index (κ2) is 9.79. The summed E-state index contributed by atoms with van der Waals surface area (Å²) in [5.41, 5.74) is 9.28. The number of fused-ring (bicyclic) bond motifs is 1. The van der Waals surface area contributed by atoms with Crippen LogP contribution in [0.1, 0.15) is 31.7 Å². The molecule has 0 amide bonds. The second-order valence-electron chi connectivity index (χ2n) is 10.00. The highest BCUT2D eigenvalue weighted by Gasteiger charge is 2.31. The number of rotatable bonds is 5. The summed E-state index contributed by atoms with van der Waals surface area (Å²) in [6, 6.07) is 18.5. The van der Waals surface area contributed by atoms with E-state index in [1.54, 1.807) is 0 Å². The molecule has 1 saturated heterocycles. The van der Waals surface area contributed by atoms with Gasteiger partial charge in [-0.1, -0.05) is 30.3 Å². The molecule has 2 aromatic carbocycles. The maximum Gasteiger partial charge on any atom is 0.152 e. The molecule has 2 fully saturated rings. The summed E-state index contributed by atoms with van der Waals surface area (Å²) in [6.07, 6.45) is 7.84. The Hall–Kier alpha value is -3.43. The summed E-state index contributed by atoms with van der Waals surface area (Å²) in [5, 5.41) is 0.877. The highest BCUT2D eigenvalue weighted by molar-refractivity contribution is 7.91. The van der Waals surface area contributed by atoms with E-state index in [1.165, 1.54) is 6.33 Å². The first-order chi connectivity index (χ1) is 18.0. The number of ether oxygens (including phenoxy) is 1. The fourth-order valence-electron chi connectivity index (χ4n) is 5.73. The van der Waals surface area contributed by atoms with E-state index in [0.717, 1.165) is 59.3 Å². The maximum atomic E-state index is 11.8. The zero-order valence-corrected chi connectivity index (χ0v) is 21.5. The lowest BCUT2D eigenvalue weighted by atomic mass is 9.90. The van der Waals surface area contributed by atoms with Crippen LogP contribution < -0.4 is 10.5 Å². The highest BCUT2D eigenvalue weighted by Crippen LogP contribution is 2.39. The van der Waals surface area contributed by atoms with Crippen molar-refractivity contribution in [1.29, 1.82) is 0 Å². The van der Waals surface area contributed by atoms with E-state index < -0.39 is 9.84 Å². The predicted octanol–water partition coefficient (Wildman–Crippen LogP) is 4.69. The van der Waals surface area contributed by atoms with Crippen LogP contribution in [-0.2, 0) is 9.84 Å². The van der Waals surface area contributed by atoms with Gasteiger partial charge >= 0.3 is 0 Å². The number of benzene rings is 2. The molecular formula is C28H31N5O3S. The van der Waals surface area contributed by atoms with Gasteiger partial charge in [0, 0.05) is 36.9 Å². The number of para-hydroxylation sites is 1. The van der Waals surface area contributed by atoms with E-state index in [-0.39, 0.29) is 11.5 Å². The van der Waals surface area contributed by atoms with Crippen LogP contribution in [0.15, 0.2) is 67.1 Å². The summed E-state index contributed by atoms with van der Waals surface area (Å²) >= 11 is 0. The summed E-state index contributed by atoms with van der Waals surface area (Å²) in [5.74, 6) is 2.61. The molecule has 0 atom stereocenters. The van der Waals surface area contributed by atoms with E-state index in [0.29, 0.717) is 31.0 Å². The van der Waals surface area contributed by atoms with Crippen LogP contribution >= 0.6 is 0 Å². The zero-order chi connectivity index (χ0) is 25.4. The number of sulfone groups is 1. The van der Waals surface area contributed by atoms with Gasteiger partial charge in [-0.05, 0) is 55.5 Å². The van der Waals surface area contributed by atoms with Crippen LogP contribution in [0, 0.1) is 0 Å². The first-order valence-electron chi connectivity index (χ1n) is 12.9. The Balaban J connectivity index is 1.23. The number of hydrogen-bond donors (Lipinski definition) is 1. The summed E-state index contributed by atoms with van der Waals surface area (Å²) in [6.45, 7) is 1.31. The third-order valence-electron chi connectivity index (χ3n) is 7.74. The Kier molecular flexibility index (Phi) is 6.34. The Morgan fingerprint density at radius 1 is 0.838 bits per heavy atom. The molecule has 0 spiro atoms. The van der Waals surface area contributed by atoms with Crippen molar-refractivity contribution in [3.05, 3.63) is 67.1 Å². The second-order valence-corrected chi connectivity index (χ2v) is 12.3. The minimum absolute atomic E-state index is 0.282. The van der Waals surface area contributed by atoms with Gasteiger partial charge in [-0.3, -0.25) is 4.90 Å². The fraction of sp³-hybridized carbons (Fsp3) is 0.357. The molecule has 1 saturated carbocycles. The lowest BCUT2D eigenvalue weighted by Crippen LogP contribution is -2.47. The average molecular weight is 518 g/mol. The largest absolute Gasteiger partial charge is 0.457 e. The van der Waals surface area contributed by atoms with Crippen molar-refractivity contribution in [2.24, 2.45) is 0 Å². The molecule has 2 aromatic heterocycles. The number of aromatic nitrogens is 3. The van der Waals surface area contributed by atoms with Gasteiger partial charge < -0.3 is 15.0 Å². The molecule has 2 N–H and O–H groups in total. The topological polar surface area (TPSA) is 103 Å². The molecule has 1 aliphatic heterocycles. The smallest absolute Gasteiger partial charge is 0.152 e. The van der Waals surface area contributed by atoms with Gasteiger partial charge in [-0.25, -0.2) is 18.4 Å². The van der Waals surface area contributed by atoms with Crippen molar-refractivity contribution in [2.75, 3.05) is 30.3 Å². The monoisotopic (exact) mass is 517 g/mol. The van der Waals surface area contributed by atoms with Gasteiger partial charge in [-0.15, -0.1) is 0 Å². The molecule has 37 heavy (non-hydrogen) atoms.